The number of nitrogen functional groups attached to an aromatic ring is 1. The number of hydrazine groups is 1. The Morgan fingerprint density at radius 1 is 1.35 bits per heavy atom. The molecule has 1 aromatic heterocycles. The molecule has 0 bridgehead atoms. The molecule has 0 unspecified atom stereocenters. The van der Waals surface area contributed by atoms with Crippen LogP contribution in [0.15, 0.2) is 12.1 Å². The van der Waals surface area contributed by atoms with E-state index in [-0.39, 0.29) is 11.3 Å². The SMILES string of the molecule is CC(C)(C)c1cc(C(=O)NN2CCOCC2)cc(N)n1. The third kappa shape index (κ3) is 3.68. The van der Waals surface area contributed by atoms with E-state index in [2.05, 4.69) is 10.4 Å². The van der Waals surface area contributed by atoms with Gasteiger partial charge in [0.05, 0.1) is 13.2 Å². The number of carbonyl (C=O) groups excluding carboxylic acids is 1. The Bertz CT molecular complexity index is 490. The first-order valence-electron chi connectivity index (χ1n) is 6.78. The number of hydrogen-bond acceptors (Lipinski definition) is 5. The van der Waals surface area contributed by atoms with Crippen molar-refractivity contribution in [3.8, 4) is 0 Å². The summed E-state index contributed by atoms with van der Waals surface area (Å²) in [6.07, 6.45) is 0. The van der Waals surface area contributed by atoms with E-state index in [1.165, 1.54) is 0 Å². The van der Waals surface area contributed by atoms with Gasteiger partial charge in [0.25, 0.3) is 5.91 Å². The van der Waals surface area contributed by atoms with Crippen LogP contribution in [-0.4, -0.2) is 42.2 Å². The van der Waals surface area contributed by atoms with Gasteiger partial charge in [0.2, 0.25) is 0 Å². The molecule has 2 rings (SSSR count). The van der Waals surface area contributed by atoms with Crippen LogP contribution >= 0.6 is 0 Å². The summed E-state index contributed by atoms with van der Waals surface area (Å²) in [5.41, 5.74) is 9.87. The van der Waals surface area contributed by atoms with Crippen LogP contribution in [0.2, 0.25) is 0 Å². The van der Waals surface area contributed by atoms with Crippen LogP contribution in [-0.2, 0) is 10.2 Å². The summed E-state index contributed by atoms with van der Waals surface area (Å²) >= 11 is 0. The Morgan fingerprint density at radius 2 is 2.00 bits per heavy atom. The topological polar surface area (TPSA) is 80.5 Å². The minimum atomic E-state index is -0.161. The molecular weight excluding hydrogens is 256 g/mol. The maximum absolute atomic E-state index is 12.3. The Kier molecular flexibility index (Phi) is 4.25. The third-order valence-corrected chi connectivity index (χ3v) is 3.15. The van der Waals surface area contributed by atoms with Crippen molar-refractivity contribution in [2.24, 2.45) is 0 Å². The van der Waals surface area contributed by atoms with E-state index in [4.69, 9.17) is 10.5 Å². The highest BCUT2D eigenvalue weighted by Crippen LogP contribution is 2.22. The highest BCUT2D eigenvalue weighted by molar-refractivity contribution is 5.94. The van der Waals surface area contributed by atoms with Gasteiger partial charge in [-0.2, -0.15) is 0 Å². The molecule has 0 saturated carbocycles. The number of amides is 1. The summed E-state index contributed by atoms with van der Waals surface area (Å²) in [6, 6.07) is 3.40. The van der Waals surface area contributed by atoms with Crippen molar-refractivity contribution < 1.29 is 9.53 Å². The molecule has 2 heterocycles. The number of aromatic nitrogens is 1. The second kappa shape index (κ2) is 5.76. The summed E-state index contributed by atoms with van der Waals surface area (Å²) in [4.78, 5) is 16.6. The first kappa shape index (κ1) is 14.7. The van der Waals surface area contributed by atoms with Gasteiger partial charge in [0.15, 0.2) is 0 Å². The first-order chi connectivity index (χ1) is 9.36. The molecule has 6 heteroatoms. The molecule has 1 aliphatic rings. The number of hydrogen-bond donors (Lipinski definition) is 2. The zero-order valence-electron chi connectivity index (χ0n) is 12.3. The smallest absolute Gasteiger partial charge is 0.265 e. The minimum Gasteiger partial charge on any atom is -0.384 e. The van der Waals surface area contributed by atoms with E-state index in [9.17, 15) is 4.79 Å². The predicted molar refractivity (Wildman–Crippen MR) is 77.2 cm³/mol. The minimum absolute atomic E-state index is 0.149. The summed E-state index contributed by atoms with van der Waals surface area (Å²) < 4.78 is 5.25. The summed E-state index contributed by atoms with van der Waals surface area (Å²) in [7, 11) is 0. The van der Waals surface area contributed by atoms with E-state index in [0.29, 0.717) is 37.7 Å². The molecule has 6 nitrogen and oxygen atoms in total. The number of morpholine rings is 1. The predicted octanol–water partition coefficient (Wildman–Crippen LogP) is 0.938. The Hall–Kier alpha value is -1.66. The maximum Gasteiger partial charge on any atom is 0.265 e. The number of nitrogens with zero attached hydrogens (tertiary/aromatic N) is 2. The third-order valence-electron chi connectivity index (χ3n) is 3.15. The van der Waals surface area contributed by atoms with Crippen LogP contribution in [0.3, 0.4) is 0 Å². The molecule has 0 radical (unpaired) electrons. The lowest BCUT2D eigenvalue weighted by atomic mass is 9.90. The molecule has 20 heavy (non-hydrogen) atoms. The number of pyridine rings is 1. The Morgan fingerprint density at radius 3 is 2.60 bits per heavy atom. The van der Waals surface area contributed by atoms with E-state index in [1.807, 2.05) is 25.8 Å². The fourth-order valence-electron chi connectivity index (χ4n) is 1.95. The van der Waals surface area contributed by atoms with Gasteiger partial charge in [-0.3, -0.25) is 10.2 Å². The Balaban J connectivity index is 2.14. The van der Waals surface area contributed by atoms with Crippen LogP contribution in [0.5, 0.6) is 0 Å². The molecule has 1 fully saturated rings. The number of anilines is 1. The summed E-state index contributed by atoms with van der Waals surface area (Å²) in [5.74, 6) is 0.205. The van der Waals surface area contributed by atoms with Gasteiger partial charge >= 0.3 is 0 Å². The van der Waals surface area contributed by atoms with Gasteiger partial charge in [-0.15, -0.1) is 0 Å². The summed E-state index contributed by atoms with van der Waals surface area (Å²) in [6.45, 7) is 8.77. The maximum atomic E-state index is 12.3. The molecule has 1 aromatic rings. The van der Waals surface area contributed by atoms with Crippen LogP contribution in [0.25, 0.3) is 0 Å². The van der Waals surface area contributed by atoms with Crippen LogP contribution in [0.1, 0.15) is 36.8 Å². The number of nitrogens with two attached hydrogens (primary N) is 1. The fourth-order valence-corrected chi connectivity index (χ4v) is 1.95. The molecule has 0 atom stereocenters. The van der Waals surface area contributed by atoms with Crippen molar-refractivity contribution in [3.05, 3.63) is 23.4 Å². The quantitative estimate of drug-likeness (QED) is 0.841. The molecule has 3 N–H and O–H groups in total. The molecule has 0 aliphatic carbocycles. The van der Waals surface area contributed by atoms with Crippen molar-refractivity contribution in [2.45, 2.75) is 26.2 Å². The molecule has 0 spiro atoms. The molecule has 110 valence electrons. The first-order valence-corrected chi connectivity index (χ1v) is 6.78. The normalized spacial score (nSPS) is 16.9. The lowest BCUT2D eigenvalue weighted by Crippen LogP contribution is -2.48. The second-order valence-electron chi connectivity index (χ2n) is 5.96. The standard InChI is InChI=1S/C14H22N4O2/c1-14(2,3)11-8-10(9-12(15)16-11)13(19)17-18-4-6-20-7-5-18/h8-9H,4-7H2,1-3H3,(H2,15,16)(H,17,19). The number of carbonyl (C=O) groups is 1. The van der Waals surface area contributed by atoms with Gasteiger partial charge in [0, 0.05) is 29.8 Å². The Labute approximate surface area is 119 Å². The molecule has 1 aliphatic heterocycles. The average molecular weight is 278 g/mol. The number of rotatable bonds is 2. The van der Waals surface area contributed by atoms with Crippen molar-refractivity contribution in [3.63, 3.8) is 0 Å². The lowest BCUT2D eigenvalue weighted by molar-refractivity contribution is 0.0126. The average Bonchev–Trinajstić information content (AvgIpc) is 2.38. The lowest BCUT2D eigenvalue weighted by Gasteiger charge is -2.27. The van der Waals surface area contributed by atoms with E-state index < -0.39 is 0 Å². The van der Waals surface area contributed by atoms with E-state index in [0.717, 1.165) is 5.69 Å². The highest BCUT2D eigenvalue weighted by Gasteiger charge is 2.20. The number of ether oxygens (including phenoxy) is 1. The van der Waals surface area contributed by atoms with Gasteiger partial charge < -0.3 is 10.5 Å². The van der Waals surface area contributed by atoms with Gasteiger partial charge in [-0.1, -0.05) is 20.8 Å². The zero-order chi connectivity index (χ0) is 14.8. The molecule has 0 aromatic carbocycles. The highest BCUT2D eigenvalue weighted by atomic mass is 16.5. The fraction of sp³-hybridized carbons (Fsp3) is 0.571. The van der Waals surface area contributed by atoms with Crippen molar-refractivity contribution in [1.82, 2.24) is 15.4 Å². The van der Waals surface area contributed by atoms with Gasteiger partial charge in [0.1, 0.15) is 5.82 Å². The van der Waals surface area contributed by atoms with Gasteiger partial charge in [-0.25, -0.2) is 9.99 Å². The molecular formula is C14H22N4O2. The van der Waals surface area contributed by atoms with Crippen LogP contribution < -0.4 is 11.2 Å². The van der Waals surface area contributed by atoms with Gasteiger partial charge in [-0.05, 0) is 12.1 Å². The monoisotopic (exact) mass is 278 g/mol. The second-order valence-corrected chi connectivity index (χ2v) is 5.96. The largest absolute Gasteiger partial charge is 0.384 e. The van der Waals surface area contributed by atoms with E-state index >= 15 is 0 Å². The molecule has 1 amide bonds. The van der Waals surface area contributed by atoms with Crippen LogP contribution in [0.4, 0.5) is 5.82 Å². The molecule has 1 saturated heterocycles. The zero-order valence-corrected chi connectivity index (χ0v) is 12.3. The summed E-state index contributed by atoms with van der Waals surface area (Å²) in [5, 5.41) is 1.86. The van der Waals surface area contributed by atoms with Crippen molar-refractivity contribution in [1.29, 1.82) is 0 Å². The van der Waals surface area contributed by atoms with Crippen LogP contribution in [0, 0.1) is 0 Å². The van der Waals surface area contributed by atoms with Crippen molar-refractivity contribution in [2.75, 3.05) is 32.0 Å². The van der Waals surface area contributed by atoms with Crippen molar-refractivity contribution >= 4 is 11.7 Å². The number of nitrogens with one attached hydrogen (secondary N) is 1. The van der Waals surface area contributed by atoms with E-state index in [1.54, 1.807) is 12.1 Å².